The Morgan fingerprint density at radius 3 is 2.53 bits per heavy atom. The molecule has 1 radical (unpaired) electrons. The molecule has 1 saturated heterocycles. The Kier molecular flexibility index (Phi) is 5.64. The number of aromatic nitrogens is 1. The summed E-state index contributed by atoms with van der Waals surface area (Å²) < 4.78 is 2.07. The summed E-state index contributed by atoms with van der Waals surface area (Å²) in [4.78, 5) is 27.7. The van der Waals surface area contributed by atoms with Crippen LogP contribution in [0.1, 0.15) is 12.5 Å². The largest absolute Gasteiger partial charge is 0.350 e. The standard InChI is InChI=1S/C24H23ClN3O2/c1-17(29)27-13-15-28(16-14-27)22(30)10-9-18-5-4-8-21(25)23(18)20-7-3-6-19-11-12-26(2)24(19)20/h3-7,9-12H,13-16H2,1-2H3/b10-9+. The van der Waals surface area contributed by atoms with Crippen LogP contribution in [0.5, 0.6) is 0 Å². The fraction of sp³-hybridized carbons (Fsp3) is 0.250. The number of piperazine rings is 1. The second-order valence-corrected chi connectivity index (χ2v) is 7.83. The zero-order chi connectivity index (χ0) is 21.3. The van der Waals surface area contributed by atoms with Crippen LogP contribution < -0.4 is 0 Å². The number of hydrogen-bond donors (Lipinski definition) is 0. The van der Waals surface area contributed by atoms with Gasteiger partial charge < -0.3 is 14.4 Å². The second-order valence-electron chi connectivity index (χ2n) is 7.46. The SMILES string of the molecule is CC(=O)N1CCN(C(=O)/C=C/c2cc[c]c(Cl)c2-c2cccc3ccn(C)c23)CC1. The van der Waals surface area contributed by atoms with Crippen LogP contribution in [0, 0.1) is 6.07 Å². The fourth-order valence-corrected chi connectivity index (χ4v) is 4.24. The Balaban J connectivity index is 1.63. The number of halogens is 1. The zero-order valence-corrected chi connectivity index (χ0v) is 17.8. The maximum absolute atomic E-state index is 12.7. The molecule has 153 valence electrons. The molecular weight excluding hydrogens is 398 g/mol. The molecule has 1 aliphatic rings. The van der Waals surface area contributed by atoms with E-state index in [-0.39, 0.29) is 11.8 Å². The predicted octanol–water partition coefficient (Wildman–Crippen LogP) is 4.00. The maximum Gasteiger partial charge on any atom is 0.246 e. The molecule has 6 heteroatoms. The number of fused-ring (bicyclic) bond motifs is 1. The first-order valence-corrected chi connectivity index (χ1v) is 10.3. The van der Waals surface area contributed by atoms with Crippen LogP contribution in [-0.2, 0) is 16.6 Å². The lowest BCUT2D eigenvalue weighted by molar-refractivity contribution is -0.135. The Morgan fingerprint density at radius 1 is 1.07 bits per heavy atom. The van der Waals surface area contributed by atoms with E-state index in [0.29, 0.717) is 31.2 Å². The molecule has 0 N–H and O–H groups in total. The normalized spacial score (nSPS) is 14.6. The molecule has 2 amide bonds. The first kappa shape index (κ1) is 20.2. The molecule has 0 bridgehead atoms. The van der Waals surface area contributed by atoms with Gasteiger partial charge in [0.1, 0.15) is 0 Å². The Hall–Kier alpha value is -3.05. The zero-order valence-electron chi connectivity index (χ0n) is 17.1. The molecule has 3 aromatic rings. The average Bonchev–Trinajstić information content (AvgIpc) is 3.13. The summed E-state index contributed by atoms with van der Waals surface area (Å²) in [5.74, 6) is -0.0162. The van der Waals surface area contributed by atoms with E-state index >= 15 is 0 Å². The van der Waals surface area contributed by atoms with E-state index in [4.69, 9.17) is 11.6 Å². The van der Waals surface area contributed by atoms with Gasteiger partial charge in [-0.05, 0) is 17.7 Å². The Morgan fingerprint density at radius 2 is 1.80 bits per heavy atom. The lowest BCUT2D eigenvalue weighted by atomic mass is 9.97. The molecule has 0 spiro atoms. The molecule has 1 aromatic heterocycles. The van der Waals surface area contributed by atoms with Crippen molar-refractivity contribution in [1.82, 2.24) is 14.4 Å². The van der Waals surface area contributed by atoms with E-state index in [0.717, 1.165) is 27.6 Å². The number of carbonyl (C=O) groups is 2. The molecule has 0 atom stereocenters. The highest BCUT2D eigenvalue weighted by atomic mass is 35.5. The molecule has 5 nitrogen and oxygen atoms in total. The number of rotatable bonds is 3. The summed E-state index contributed by atoms with van der Waals surface area (Å²) in [7, 11) is 2.01. The maximum atomic E-state index is 12.7. The molecule has 2 heterocycles. The first-order chi connectivity index (χ1) is 14.5. The van der Waals surface area contributed by atoms with E-state index in [1.54, 1.807) is 28.9 Å². The molecule has 0 unspecified atom stereocenters. The van der Waals surface area contributed by atoms with Crippen molar-refractivity contribution < 1.29 is 9.59 Å². The van der Waals surface area contributed by atoms with Crippen LogP contribution in [0.2, 0.25) is 5.02 Å². The van der Waals surface area contributed by atoms with E-state index < -0.39 is 0 Å². The third kappa shape index (κ3) is 3.85. The van der Waals surface area contributed by atoms with Crippen LogP contribution in [0.15, 0.2) is 48.7 Å². The van der Waals surface area contributed by atoms with Gasteiger partial charge in [-0.25, -0.2) is 0 Å². The van der Waals surface area contributed by atoms with Crippen molar-refractivity contribution in [3.05, 3.63) is 65.3 Å². The highest BCUT2D eigenvalue weighted by Gasteiger charge is 2.21. The third-order valence-electron chi connectivity index (χ3n) is 5.59. The molecular formula is C24H23ClN3O2. The van der Waals surface area contributed by atoms with Crippen molar-refractivity contribution in [2.75, 3.05) is 26.2 Å². The molecule has 2 aromatic carbocycles. The van der Waals surface area contributed by atoms with Gasteiger partial charge in [-0.15, -0.1) is 0 Å². The number of para-hydroxylation sites is 1. The summed E-state index contributed by atoms with van der Waals surface area (Å²) in [5.41, 5.74) is 3.81. The topological polar surface area (TPSA) is 45.6 Å². The van der Waals surface area contributed by atoms with Crippen LogP contribution in [0.3, 0.4) is 0 Å². The molecule has 0 saturated carbocycles. The minimum atomic E-state index is -0.0646. The van der Waals surface area contributed by atoms with Crippen molar-refractivity contribution >= 4 is 40.4 Å². The quantitative estimate of drug-likeness (QED) is 0.601. The van der Waals surface area contributed by atoms with Gasteiger partial charge >= 0.3 is 0 Å². The van der Waals surface area contributed by atoms with Gasteiger partial charge in [0.2, 0.25) is 11.8 Å². The van der Waals surface area contributed by atoms with Crippen molar-refractivity contribution in [3.63, 3.8) is 0 Å². The highest BCUT2D eigenvalue weighted by molar-refractivity contribution is 6.34. The van der Waals surface area contributed by atoms with E-state index in [1.165, 1.54) is 0 Å². The molecule has 1 aliphatic heterocycles. The van der Waals surface area contributed by atoms with E-state index in [9.17, 15) is 9.59 Å². The Labute approximate surface area is 181 Å². The molecule has 0 aliphatic carbocycles. The van der Waals surface area contributed by atoms with Gasteiger partial charge in [-0.1, -0.05) is 41.9 Å². The molecule has 1 fully saturated rings. The van der Waals surface area contributed by atoms with Crippen molar-refractivity contribution in [2.24, 2.45) is 7.05 Å². The predicted molar refractivity (Wildman–Crippen MR) is 120 cm³/mol. The van der Waals surface area contributed by atoms with E-state index in [2.05, 4.69) is 22.8 Å². The average molecular weight is 421 g/mol. The van der Waals surface area contributed by atoms with Crippen molar-refractivity contribution in [3.8, 4) is 11.1 Å². The summed E-state index contributed by atoms with van der Waals surface area (Å²) in [6.07, 6.45) is 5.43. The number of hydrogen-bond acceptors (Lipinski definition) is 2. The van der Waals surface area contributed by atoms with Gasteiger partial charge in [-0.2, -0.15) is 0 Å². The smallest absolute Gasteiger partial charge is 0.246 e. The Bertz CT molecular complexity index is 1140. The number of carbonyl (C=O) groups excluding carboxylic acids is 2. The van der Waals surface area contributed by atoms with Gasteiger partial charge in [0, 0.05) is 75.0 Å². The summed E-state index contributed by atoms with van der Waals surface area (Å²) >= 11 is 6.56. The lowest BCUT2D eigenvalue weighted by Gasteiger charge is -2.33. The van der Waals surface area contributed by atoms with Crippen LogP contribution in [0.25, 0.3) is 28.1 Å². The van der Waals surface area contributed by atoms with Gasteiger partial charge in [0.15, 0.2) is 0 Å². The first-order valence-electron chi connectivity index (χ1n) is 9.93. The minimum Gasteiger partial charge on any atom is -0.350 e. The molecule has 30 heavy (non-hydrogen) atoms. The molecule has 4 rings (SSSR count). The monoisotopic (exact) mass is 420 g/mol. The fourth-order valence-electron chi connectivity index (χ4n) is 3.97. The summed E-state index contributed by atoms with van der Waals surface area (Å²) in [6, 6.07) is 14.9. The second kappa shape index (κ2) is 8.36. The van der Waals surface area contributed by atoms with Crippen LogP contribution in [-0.4, -0.2) is 52.4 Å². The van der Waals surface area contributed by atoms with Gasteiger partial charge in [0.05, 0.1) is 10.5 Å². The van der Waals surface area contributed by atoms with Gasteiger partial charge in [0.25, 0.3) is 0 Å². The van der Waals surface area contributed by atoms with Crippen LogP contribution >= 0.6 is 11.6 Å². The van der Waals surface area contributed by atoms with E-state index in [1.807, 2.05) is 37.5 Å². The van der Waals surface area contributed by atoms with Crippen LogP contribution in [0.4, 0.5) is 0 Å². The third-order valence-corrected chi connectivity index (χ3v) is 5.89. The van der Waals surface area contributed by atoms with Crippen molar-refractivity contribution in [2.45, 2.75) is 6.92 Å². The number of aryl methyl sites for hydroxylation is 1. The van der Waals surface area contributed by atoms with Crippen molar-refractivity contribution in [1.29, 1.82) is 0 Å². The summed E-state index contributed by atoms with van der Waals surface area (Å²) in [5, 5.41) is 1.65. The highest BCUT2D eigenvalue weighted by Crippen LogP contribution is 2.36. The number of nitrogens with zero attached hydrogens (tertiary/aromatic N) is 3. The summed E-state index contributed by atoms with van der Waals surface area (Å²) in [6.45, 7) is 3.79. The van der Waals surface area contributed by atoms with Gasteiger partial charge in [-0.3, -0.25) is 9.59 Å². The minimum absolute atomic E-state index is 0.0484. The number of amides is 2. The number of benzene rings is 2. The lowest BCUT2D eigenvalue weighted by Crippen LogP contribution is -2.49.